The van der Waals surface area contributed by atoms with Gasteiger partial charge in [-0.25, -0.2) is 0 Å². The van der Waals surface area contributed by atoms with E-state index in [0.717, 1.165) is 35.3 Å². The standard InChI is InChI=1S/C33H43NO5/c1-21(2)11-10-12-23(5)16-18-38-29-20-27-25(7)34(33(35)31(27)32(37-9)24(29)6)28-14-13-26(36-8)19-30(28)39-17-15-22(3)4/h11,13-16,19-20,25H,10,12,17-18H2,1-9H3/t25-/m1/s1. The van der Waals surface area contributed by atoms with Gasteiger partial charge in [0.1, 0.15) is 36.2 Å². The molecule has 1 aliphatic heterocycles. The molecule has 0 bridgehead atoms. The van der Waals surface area contributed by atoms with Gasteiger partial charge in [-0.3, -0.25) is 9.69 Å². The van der Waals surface area contributed by atoms with Crippen LogP contribution in [-0.2, 0) is 0 Å². The Hall–Kier alpha value is -3.67. The van der Waals surface area contributed by atoms with Crippen molar-refractivity contribution in [3.05, 3.63) is 75.9 Å². The number of benzene rings is 2. The SMILES string of the molecule is COc1ccc(N2C(=O)c3c(cc(OCC=C(C)CCC=C(C)C)c(C)c3OC)[C@H]2C)c(OCC=C(C)C)c1. The lowest BCUT2D eigenvalue weighted by Crippen LogP contribution is -2.27. The quantitative estimate of drug-likeness (QED) is 0.258. The molecule has 210 valence electrons. The zero-order valence-electron chi connectivity index (χ0n) is 24.9. The highest BCUT2D eigenvalue weighted by Crippen LogP contribution is 2.48. The zero-order valence-corrected chi connectivity index (χ0v) is 24.9. The predicted molar refractivity (Wildman–Crippen MR) is 159 cm³/mol. The molecule has 0 unspecified atom stereocenters. The lowest BCUT2D eigenvalue weighted by molar-refractivity contribution is 0.0989. The minimum Gasteiger partial charge on any atom is -0.497 e. The van der Waals surface area contributed by atoms with Crippen LogP contribution in [0.4, 0.5) is 5.69 Å². The number of fused-ring (bicyclic) bond motifs is 1. The third kappa shape index (κ3) is 7.05. The molecule has 39 heavy (non-hydrogen) atoms. The molecule has 0 fully saturated rings. The van der Waals surface area contributed by atoms with Gasteiger partial charge in [-0.1, -0.05) is 22.8 Å². The summed E-state index contributed by atoms with van der Waals surface area (Å²) in [5, 5.41) is 0. The molecule has 0 N–H and O–H groups in total. The molecule has 3 rings (SSSR count). The number of hydrogen-bond donors (Lipinski definition) is 0. The molecule has 6 heteroatoms. The molecule has 0 saturated carbocycles. The van der Waals surface area contributed by atoms with Crippen molar-refractivity contribution >= 4 is 11.6 Å². The van der Waals surface area contributed by atoms with E-state index in [1.165, 1.54) is 11.1 Å². The summed E-state index contributed by atoms with van der Waals surface area (Å²) in [5.41, 5.74) is 6.70. The average molecular weight is 534 g/mol. The number of anilines is 1. The summed E-state index contributed by atoms with van der Waals surface area (Å²) in [4.78, 5) is 15.6. The number of nitrogens with zero attached hydrogens (tertiary/aromatic N) is 1. The highest BCUT2D eigenvalue weighted by molar-refractivity contribution is 6.14. The fourth-order valence-electron chi connectivity index (χ4n) is 4.66. The lowest BCUT2D eigenvalue weighted by Gasteiger charge is -2.25. The van der Waals surface area contributed by atoms with E-state index in [2.05, 4.69) is 32.9 Å². The number of amides is 1. The second-order valence-electron chi connectivity index (χ2n) is 10.5. The Kier molecular flexibility index (Phi) is 10.3. The zero-order chi connectivity index (χ0) is 28.7. The predicted octanol–water partition coefficient (Wildman–Crippen LogP) is 8.15. The highest BCUT2D eigenvalue weighted by atomic mass is 16.5. The van der Waals surface area contributed by atoms with Crippen LogP contribution < -0.4 is 23.8 Å². The van der Waals surface area contributed by atoms with Gasteiger partial charge < -0.3 is 18.9 Å². The van der Waals surface area contributed by atoms with Gasteiger partial charge in [0.15, 0.2) is 0 Å². The van der Waals surface area contributed by atoms with Gasteiger partial charge >= 0.3 is 0 Å². The Labute approximate surface area is 233 Å². The van der Waals surface area contributed by atoms with Gasteiger partial charge in [-0.15, -0.1) is 0 Å². The minimum atomic E-state index is -0.245. The molecule has 2 aromatic carbocycles. The third-order valence-electron chi connectivity index (χ3n) is 6.91. The Bertz CT molecular complexity index is 1280. The number of hydrogen-bond acceptors (Lipinski definition) is 5. The normalized spacial score (nSPS) is 14.6. The van der Waals surface area contributed by atoms with Crippen LogP contribution in [0.3, 0.4) is 0 Å². The second-order valence-corrected chi connectivity index (χ2v) is 10.5. The van der Waals surface area contributed by atoms with Gasteiger partial charge in [-0.2, -0.15) is 0 Å². The summed E-state index contributed by atoms with van der Waals surface area (Å²) in [5.74, 6) is 2.38. The molecular weight excluding hydrogens is 490 g/mol. The summed E-state index contributed by atoms with van der Waals surface area (Å²) < 4.78 is 23.5. The van der Waals surface area contributed by atoms with E-state index in [1.54, 1.807) is 19.1 Å². The van der Waals surface area contributed by atoms with Crippen molar-refractivity contribution in [2.45, 2.75) is 67.3 Å². The van der Waals surface area contributed by atoms with E-state index in [9.17, 15) is 4.79 Å². The van der Waals surface area contributed by atoms with Crippen LogP contribution in [-0.4, -0.2) is 33.3 Å². The summed E-state index contributed by atoms with van der Waals surface area (Å²) >= 11 is 0. The van der Waals surface area contributed by atoms with Crippen LogP contribution in [0, 0.1) is 6.92 Å². The lowest BCUT2D eigenvalue weighted by atomic mass is 10.0. The third-order valence-corrected chi connectivity index (χ3v) is 6.91. The number of ether oxygens (including phenoxy) is 4. The first-order chi connectivity index (χ1) is 18.6. The molecule has 0 spiro atoms. The maximum atomic E-state index is 13.9. The Morgan fingerprint density at radius 1 is 0.897 bits per heavy atom. The van der Waals surface area contributed by atoms with Gasteiger partial charge in [0, 0.05) is 11.6 Å². The van der Waals surface area contributed by atoms with E-state index < -0.39 is 0 Å². The highest BCUT2D eigenvalue weighted by Gasteiger charge is 2.40. The van der Waals surface area contributed by atoms with Crippen molar-refractivity contribution in [1.29, 1.82) is 0 Å². The first kappa shape index (κ1) is 29.9. The molecule has 2 aromatic rings. The van der Waals surface area contributed by atoms with E-state index in [4.69, 9.17) is 18.9 Å². The Balaban J connectivity index is 1.92. The monoisotopic (exact) mass is 533 g/mol. The van der Waals surface area contributed by atoms with Crippen molar-refractivity contribution in [2.75, 3.05) is 32.3 Å². The van der Waals surface area contributed by atoms with Crippen LogP contribution in [0.1, 0.15) is 81.9 Å². The minimum absolute atomic E-state index is 0.128. The fraction of sp³-hybridized carbons (Fsp3) is 0.424. The van der Waals surface area contributed by atoms with Crippen LogP contribution in [0.25, 0.3) is 0 Å². The molecular formula is C33H43NO5. The van der Waals surface area contributed by atoms with Crippen molar-refractivity contribution in [3.8, 4) is 23.0 Å². The molecule has 1 atom stereocenters. The summed E-state index contributed by atoms with van der Waals surface area (Å²) in [6.07, 6.45) is 8.39. The number of allylic oxidation sites excluding steroid dienone is 4. The summed E-state index contributed by atoms with van der Waals surface area (Å²) in [6.45, 7) is 15.2. The van der Waals surface area contributed by atoms with Crippen LogP contribution >= 0.6 is 0 Å². The van der Waals surface area contributed by atoms with E-state index in [1.807, 2.05) is 58.0 Å². The van der Waals surface area contributed by atoms with Gasteiger partial charge in [0.2, 0.25) is 0 Å². The van der Waals surface area contributed by atoms with Crippen molar-refractivity contribution in [3.63, 3.8) is 0 Å². The Morgan fingerprint density at radius 2 is 1.56 bits per heavy atom. The van der Waals surface area contributed by atoms with Crippen LogP contribution in [0.15, 0.2) is 59.2 Å². The Morgan fingerprint density at radius 3 is 2.21 bits per heavy atom. The number of carbonyl (C=O) groups is 1. The second kappa shape index (κ2) is 13.4. The van der Waals surface area contributed by atoms with E-state index in [-0.39, 0.29) is 11.9 Å². The van der Waals surface area contributed by atoms with Crippen molar-refractivity contribution < 1.29 is 23.7 Å². The first-order valence-electron chi connectivity index (χ1n) is 13.5. The van der Waals surface area contributed by atoms with Crippen molar-refractivity contribution in [1.82, 2.24) is 0 Å². The molecule has 0 aliphatic carbocycles. The number of rotatable bonds is 12. The van der Waals surface area contributed by atoms with Gasteiger partial charge in [0.05, 0.1) is 31.5 Å². The van der Waals surface area contributed by atoms with Crippen LogP contribution in [0.5, 0.6) is 23.0 Å². The molecule has 0 radical (unpaired) electrons. The molecule has 1 heterocycles. The molecule has 6 nitrogen and oxygen atoms in total. The largest absolute Gasteiger partial charge is 0.497 e. The van der Waals surface area contributed by atoms with Crippen molar-refractivity contribution in [2.24, 2.45) is 0 Å². The number of methoxy groups -OCH3 is 2. The molecule has 1 amide bonds. The molecule has 1 aliphatic rings. The smallest absolute Gasteiger partial charge is 0.263 e. The summed E-state index contributed by atoms with van der Waals surface area (Å²) in [7, 11) is 3.21. The van der Waals surface area contributed by atoms with Gasteiger partial charge in [-0.05, 0) is 97.2 Å². The van der Waals surface area contributed by atoms with Crippen LogP contribution in [0.2, 0.25) is 0 Å². The maximum Gasteiger partial charge on any atom is 0.263 e. The van der Waals surface area contributed by atoms with E-state index in [0.29, 0.717) is 41.7 Å². The molecule has 0 aromatic heterocycles. The fourth-order valence-corrected chi connectivity index (χ4v) is 4.66. The first-order valence-corrected chi connectivity index (χ1v) is 13.5. The van der Waals surface area contributed by atoms with E-state index >= 15 is 0 Å². The summed E-state index contributed by atoms with van der Waals surface area (Å²) in [6, 6.07) is 7.27. The number of carbonyl (C=O) groups excluding carboxylic acids is 1. The molecule has 0 saturated heterocycles. The average Bonchev–Trinajstić information content (AvgIpc) is 3.13. The topological polar surface area (TPSA) is 57.2 Å². The maximum absolute atomic E-state index is 13.9. The van der Waals surface area contributed by atoms with Gasteiger partial charge in [0.25, 0.3) is 5.91 Å².